The third-order valence-electron chi connectivity index (χ3n) is 3.27. The third-order valence-corrected chi connectivity index (χ3v) is 3.27. The summed E-state index contributed by atoms with van der Waals surface area (Å²) in [5.74, 6) is 0.130. The topological polar surface area (TPSA) is 35.6 Å². The molecule has 4 nitrogen and oxygen atoms in total. The van der Waals surface area contributed by atoms with E-state index in [2.05, 4.69) is 5.32 Å². The molecule has 0 unspecified atom stereocenters. The summed E-state index contributed by atoms with van der Waals surface area (Å²) >= 11 is 0. The number of nitrogens with zero attached hydrogens (tertiary/aromatic N) is 2. The maximum Gasteiger partial charge on any atom is 0.401 e. The van der Waals surface area contributed by atoms with Gasteiger partial charge in [-0.3, -0.25) is 4.90 Å². The Labute approximate surface area is 111 Å². The maximum absolute atomic E-state index is 12.4. The number of rotatable bonds is 5. The predicted molar refractivity (Wildman–Crippen MR) is 66.9 cm³/mol. The average molecular weight is 281 g/mol. The number of carbonyl (C=O) groups is 1. The lowest BCUT2D eigenvalue weighted by molar-refractivity contribution is -0.146. The van der Waals surface area contributed by atoms with Gasteiger partial charge in [0.05, 0.1) is 6.54 Å². The molecule has 1 atom stereocenters. The number of alkyl halides is 3. The van der Waals surface area contributed by atoms with Crippen LogP contribution in [-0.2, 0) is 0 Å². The molecule has 0 bridgehead atoms. The van der Waals surface area contributed by atoms with Crippen LogP contribution in [0.1, 0.15) is 20.3 Å². The first-order valence-electron chi connectivity index (χ1n) is 6.67. The van der Waals surface area contributed by atoms with Crippen molar-refractivity contribution >= 4 is 6.03 Å². The fourth-order valence-corrected chi connectivity index (χ4v) is 2.35. The molecule has 1 saturated heterocycles. The van der Waals surface area contributed by atoms with Crippen molar-refractivity contribution < 1.29 is 18.0 Å². The molecule has 0 saturated carbocycles. The maximum atomic E-state index is 12.4. The molecule has 0 radical (unpaired) electrons. The van der Waals surface area contributed by atoms with Crippen LogP contribution in [0.4, 0.5) is 18.0 Å². The summed E-state index contributed by atoms with van der Waals surface area (Å²) in [5, 5.41) is 2.71. The van der Waals surface area contributed by atoms with Crippen LogP contribution in [0.3, 0.4) is 0 Å². The number of amides is 2. The van der Waals surface area contributed by atoms with E-state index in [1.165, 1.54) is 4.90 Å². The minimum atomic E-state index is -4.16. The Kier molecular flexibility index (Phi) is 5.90. The van der Waals surface area contributed by atoms with Crippen LogP contribution in [0.5, 0.6) is 0 Å². The molecule has 1 aliphatic rings. The van der Waals surface area contributed by atoms with Crippen LogP contribution in [0.25, 0.3) is 0 Å². The Morgan fingerprint density at radius 2 is 2.11 bits per heavy atom. The smallest absolute Gasteiger partial charge is 0.338 e. The lowest BCUT2D eigenvalue weighted by Gasteiger charge is -2.25. The van der Waals surface area contributed by atoms with Gasteiger partial charge in [-0.15, -0.1) is 0 Å². The van der Waals surface area contributed by atoms with Crippen molar-refractivity contribution in [2.75, 3.05) is 39.3 Å². The Hall–Kier alpha value is -0.980. The normalized spacial score (nSPS) is 20.1. The van der Waals surface area contributed by atoms with E-state index in [1.54, 1.807) is 11.8 Å². The Balaban J connectivity index is 2.40. The molecule has 1 aliphatic heterocycles. The second-order valence-electron chi connectivity index (χ2n) is 4.88. The summed E-state index contributed by atoms with van der Waals surface area (Å²) in [6.45, 7) is 5.19. The molecule has 0 aromatic rings. The van der Waals surface area contributed by atoms with Gasteiger partial charge in [0.1, 0.15) is 0 Å². The molecule has 1 rings (SSSR count). The molecule has 19 heavy (non-hydrogen) atoms. The van der Waals surface area contributed by atoms with E-state index in [1.807, 2.05) is 6.92 Å². The van der Waals surface area contributed by atoms with Gasteiger partial charge < -0.3 is 10.2 Å². The summed E-state index contributed by atoms with van der Waals surface area (Å²) in [4.78, 5) is 14.7. The molecule has 1 fully saturated rings. The van der Waals surface area contributed by atoms with Gasteiger partial charge in [-0.25, -0.2) is 4.79 Å². The van der Waals surface area contributed by atoms with Crippen LogP contribution in [0, 0.1) is 5.92 Å². The second kappa shape index (κ2) is 6.98. The Morgan fingerprint density at radius 1 is 1.42 bits per heavy atom. The summed E-state index contributed by atoms with van der Waals surface area (Å²) in [7, 11) is 0. The van der Waals surface area contributed by atoms with Crippen molar-refractivity contribution in [3.8, 4) is 0 Å². The van der Waals surface area contributed by atoms with E-state index in [-0.39, 0.29) is 11.9 Å². The highest BCUT2D eigenvalue weighted by atomic mass is 19.4. The van der Waals surface area contributed by atoms with E-state index in [0.29, 0.717) is 32.7 Å². The van der Waals surface area contributed by atoms with Crippen LogP contribution >= 0.6 is 0 Å². The highest BCUT2D eigenvalue weighted by Gasteiger charge is 2.33. The van der Waals surface area contributed by atoms with Gasteiger partial charge in [0, 0.05) is 26.2 Å². The van der Waals surface area contributed by atoms with E-state index < -0.39 is 12.7 Å². The van der Waals surface area contributed by atoms with Crippen LogP contribution < -0.4 is 5.32 Å². The van der Waals surface area contributed by atoms with Gasteiger partial charge in [-0.1, -0.05) is 6.92 Å². The van der Waals surface area contributed by atoms with Crippen LogP contribution in [-0.4, -0.2) is 61.3 Å². The highest BCUT2D eigenvalue weighted by Crippen LogP contribution is 2.21. The number of likely N-dealkylation sites (tertiary alicyclic amines) is 1. The molecule has 0 aromatic carbocycles. The summed E-state index contributed by atoms with van der Waals surface area (Å²) in [5.41, 5.74) is 0. The van der Waals surface area contributed by atoms with Gasteiger partial charge in [0.2, 0.25) is 0 Å². The van der Waals surface area contributed by atoms with Gasteiger partial charge in [0.15, 0.2) is 0 Å². The third kappa shape index (κ3) is 5.67. The monoisotopic (exact) mass is 281 g/mol. The molecule has 7 heteroatoms. The predicted octanol–water partition coefficient (Wildman–Crippen LogP) is 1.92. The molecule has 1 N–H and O–H groups in total. The molecule has 0 aromatic heterocycles. The van der Waals surface area contributed by atoms with E-state index in [9.17, 15) is 18.0 Å². The first-order valence-corrected chi connectivity index (χ1v) is 6.67. The molecule has 0 spiro atoms. The van der Waals surface area contributed by atoms with Crippen molar-refractivity contribution in [1.29, 1.82) is 0 Å². The number of hydrogen-bond acceptors (Lipinski definition) is 2. The van der Waals surface area contributed by atoms with Crippen molar-refractivity contribution in [3.63, 3.8) is 0 Å². The van der Waals surface area contributed by atoms with Gasteiger partial charge >= 0.3 is 12.2 Å². The Bertz CT molecular complexity index is 296. The van der Waals surface area contributed by atoms with Crippen LogP contribution in [0.2, 0.25) is 0 Å². The lowest BCUT2D eigenvalue weighted by Crippen LogP contribution is -2.40. The minimum absolute atomic E-state index is 0.121. The van der Waals surface area contributed by atoms with Crippen LogP contribution in [0.15, 0.2) is 0 Å². The van der Waals surface area contributed by atoms with Crippen molar-refractivity contribution in [2.45, 2.75) is 26.4 Å². The molecule has 2 amide bonds. The molecule has 1 heterocycles. The lowest BCUT2D eigenvalue weighted by atomic mass is 10.1. The number of urea groups is 1. The molecule has 112 valence electrons. The van der Waals surface area contributed by atoms with Gasteiger partial charge in [0.25, 0.3) is 0 Å². The largest absolute Gasteiger partial charge is 0.401 e. The Morgan fingerprint density at radius 3 is 2.63 bits per heavy atom. The second-order valence-corrected chi connectivity index (χ2v) is 4.88. The van der Waals surface area contributed by atoms with Gasteiger partial charge in [-0.05, 0) is 25.8 Å². The SMILES string of the molecule is CCNC(=O)N1CC[C@@H](CN(CC)CC(F)(F)F)C1. The molecular weight excluding hydrogens is 259 g/mol. The number of hydrogen-bond donors (Lipinski definition) is 1. The summed E-state index contributed by atoms with van der Waals surface area (Å²) < 4.78 is 37.1. The molecule has 0 aliphatic carbocycles. The van der Waals surface area contributed by atoms with E-state index in [0.717, 1.165) is 6.42 Å². The van der Waals surface area contributed by atoms with Crippen molar-refractivity contribution in [3.05, 3.63) is 0 Å². The zero-order valence-corrected chi connectivity index (χ0v) is 11.5. The average Bonchev–Trinajstić information content (AvgIpc) is 2.75. The zero-order chi connectivity index (χ0) is 14.5. The first-order chi connectivity index (χ1) is 8.85. The zero-order valence-electron chi connectivity index (χ0n) is 11.5. The quantitative estimate of drug-likeness (QED) is 0.835. The number of nitrogens with one attached hydrogen (secondary N) is 1. The van der Waals surface area contributed by atoms with Crippen molar-refractivity contribution in [1.82, 2.24) is 15.1 Å². The summed E-state index contributed by atoms with van der Waals surface area (Å²) in [6, 6.07) is -0.121. The highest BCUT2D eigenvalue weighted by molar-refractivity contribution is 5.74. The standard InChI is InChI=1S/C12H22F3N3O/c1-3-16-11(19)18-6-5-10(8-18)7-17(4-2)9-12(13,14)15/h10H,3-9H2,1-2H3,(H,16,19)/t10-/m0/s1. The minimum Gasteiger partial charge on any atom is -0.338 e. The van der Waals surface area contributed by atoms with E-state index in [4.69, 9.17) is 0 Å². The molecular formula is C12H22F3N3O. The van der Waals surface area contributed by atoms with Crippen molar-refractivity contribution in [2.24, 2.45) is 5.92 Å². The first kappa shape index (κ1) is 16.1. The number of halogens is 3. The fraction of sp³-hybridized carbons (Fsp3) is 0.917. The van der Waals surface area contributed by atoms with Gasteiger partial charge in [-0.2, -0.15) is 13.2 Å². The number of carbonyl (C=O) groups excluding carboxylic acids is 1. The van der Waals surface area contributed by atoms with E-state index >= 15 is 0 Å². The fourth-order valence-electron chi connectivity index (χ4n) is 2.35. The summed E-state index contributed by atoms with van der Waals surface area (Å²) in [6.07, 6.45) is -3.39.